The van der Waals surface area contributed by atoms with Crippen LogP contribution in [0.15, 0.2) is 42.6 Å². The molecule has 152 valence electrons. The van der Waals surface area contributed by atoms with Gasteiger partial charge in [0.25, 0.3) is 0 Å². The van der Waals surface area contributed by atoms with E-state index in [4.69, 9.17) is 4.74 Å². The molecule has 0 bridgehead atoms. The summed E-state index contributed by atoms with van der Waals surface area (Å²) in [5.41, 5.74) is 3.49. The van der Waals surface area contributed by atoms with Crippen LogP contribution in [0.25, 0.3) is 11.3 Å². The molecule has 1 heterocycles. The van der Waals surface area contributed by atoms with Crippen molar-refractivity contribution in [3.05, 3.63) is 48.2 Å². The predicted octanol–water partition coefficient (Wildman–Crippen LogP) is 7.47. The molecule has 0 atom stereocenters. The van der Waals surface area contributed by atoms with Crippen molar-refractivity contribution in [1.82, 2.24) is 4.98 Å². The molecule has 2 nitrogen and oxygen atoms in total. The van der Waals surface area contributed by atoms with E-state index in [1.807, 2.05) is 6.20 Å². The smallest absolute Gasteiger partial charge is 0.119 e. The molecular formula is C26H37NO. The molecule has 0 amide bonds. The number of rotatable bonds is 10. The Hall–Kier alpha value is -1.83. The highest BCUT2D eigenvalue weighted by atomic mass is 16.5. The number of hydrogen-bond donors (Lipinski definition) is 0. The summed E-state index contributed by atoms with van der Waals surface area (Å²) in [6, 6.07) is 12.7. The number of ether oxygens (including phenoxy) is 1. The lowest BCUT2D eigenvalue weighted by Crippen LogP contribution is -2.15. The third-order valence-corrected chi connectivity index (χ3v) is 6.20. The molecule has 28 heavy (non-hydrogen) atoms. The number of aromatic nitrogens is 1. The zero-order chi connectivity index (χ0) is 19.6. The fraction of sp³-hybridized carbons (Fsp3) is 0.577. The molecule has 1 aromatic heterocycles. The van der Waals surface area contributed by atoms with Gasteiger partial charge in [0, 0.05) is 11.8 Å². The van der Waals surface area contributed by atoms with Crippen molar-refractivity contribution in [2.45, 2.75) is 78.1 Å². The lowest BCUT2D eigenvalue weighted by atomic mass is 9.78. The predicted molar refractivity (Wildman–Crippen MR) is 119 cm³/mol. The van der Waals surface area contributed by atoms with Gasteiger partial charge in [-0.3, -0.25) is 4.98 Å². The number of pyridine rings is 1. The summed E-state index contributed by atoms with van der Waals surface area (Å²) in [5, 5.41) is 0. The highest BCUT2D eigenvalue weighted by Crippen LogP contribution is 2.33. The van der Waals surface area contributed by atoms with Crippen LogP contribution in [0.1, 0.15) is 77.2 Å². The van der Waals surface area contributed by atoms with E-state index in [1.54, 1.807) is 0 Å². The number of benzene rings is 1. The molecule has 3 rings (SSSR count). The van der Waals surface area contributed by atoms with Gasteiger partial charge < -0.3 is 4.74 Å². The topological polar surface area (TPSA) is 22.1 Å². The zero-order valence-corrected chi connectivity index (χ0v) is 17.8. The first kappa shape index (κ1) is 20.9. The van der Waals surface area contributed by atoms with E-state index in [0.29, 0.717) is 0 Å². The van der Waals surface area contributed by atoms with Crippen LogP contribution < -0.4 is 4.74 Å². The third-order valence-electron chi connectivity index (χ3n) is 6.20. The first-order valence-corrected chi connectivity index (χ1v) is 11.5. The van der Waals surface area contributed by atoms with Crippen LogP contribution in [0.4, 0.5) is 0 Å². The molecule has 0 unspecified atom stereocenters. The maximum absolute atomic E-state index is 5.98. The Balaban J connectivity index is 1.38. The van der Waals surface area contributed by atoms with Gasteiger partial charge in [-0.25, -0.2) is 0 Å². The summed E-state index contributed by atoms with van der Waals surface area (Å²) >= 11 is 0. The molecule has 0 spiro atoms. The van der Waals surface area contributed by atoms with Gasteiger partial charge in [0.2, 0.25) is 0 Å². The van der Waals surface area contributed by atoms with Gasteiger partial charge in [-0.1, -0.05) is 64.9 Å². The Morgan fingerprint density at radius 1 is 0.857 bits per heavy atom. The zero-order valence-electron chi connectivity index (χ0n) is 17.8. The van der Waals surface area contributed by atoms with Gasteiger partial charge in [0.05, 0.1) is 12.3 Å². The Kier molecular flexibility index (Phi) is 8.39. The molecule has 2 aromatic rings. The van der Waals surface area contributed by atoms with Crippen LogP contribution in [-0.4, -0.2) is 11.6 Å². The van der Waals surface area contributed by atoms with Crippen LogP contribution in [0.2, 0.25) is 0 Å². The number of nitrogens with zero attached hydrogens (tertiary/aromatic N) is 1. The molecule has 1 fully saturated rings. The molecule has 2 heteroatoms. The van der Waals surface area contributed by atoms with Gasteiger partial charge >= 0.3 is 0 Å². The summed E-state index contributed by atoms with van der Waals surface area (Å²) in [6.45, 7) is 5.35. The van der Waals surface area contributed by atoms with Gasteiger partial charge in [-0.05, 0) is 67.0 Å². The molecule has 0 aliphatic heterocycles. The van der Waals surface area contributed by atoms with E-state index >= 15 is 0 Å². The van der Waals surface area contributed by atoms with E-state index in [-0.39, 0.29) is 0 Å². The van der Waals surface area contributed by atoms with Crippen molar-refractivity contribution in [2.75, 3.05) is 6.61 Å². The summed E-state index contributed by atoms with van der Waals surface area (Å²) in [7, 11) is 0. The monoisotopic (exact) mass is 379 g/mol. The Bertz CT molecular complexity index is 669. The second-order valence-corrected chi connectivity index (χ2v) is 8.49. The van der Waals surface area contributed by atoms with E-state index in [9.17, 15) is 0 Å². The van der Waals surface area contributed by atoms with Crippen molar-refractivity contribution in [1.29, 1.82) is 0 Å². The molecule has 1 aliphatic carbocycles. The van der Waals surface area contributed by atoms with Crippen LogP contribution >= 0.6 is 0 Å². The van der Waals surface area contributed by atoms with Crippen molar-refractivity contribution < 1.29 is 4.74 Å². The SMILES string of the molecule is CCCc1ccc(-c2ccc(OCCC[C@H]3CC[C@H](CCC)CC3)cc2)nc1. The Labute approximate surface area is 171 Å². The lowest BCUT2D eigenvalue weighted by molar-refractivity contribution is 0.230. The normalized spacial score (nSPS) is 19.5. The Morgan fingerprint density at radius 2 is 1.57 bits per heavy atom. The van der Waals surface area contributed by atoms with Crippen LogP contribution in [-0.2, 0) is 6.42 Å². The first-order chi connectivity index (χ1) is 13.8. The van der Waals surface area contributed by atoms with E-state index in [1.165, 1.54) is 56.9 Å². The lowest BCUT2D eigenvalue weighted by Gasteiger charge is -2.28. The minimum absolute atomic E-state index is 0.832. The maximum Gasteiger partial charge on any atom is 0.119 e. The minimum atomic E-state index is 0.832. The van der Waals surface area contributed by atoms with Crippen LogP contribution in [0, 0.1) is 11.8 Å². The summed E-state index contributed by atoms with van der Waals surface area (Å²) < 4.78 is 5.98. The quantitative estimate of drug-likeness (QED) is 0.399. The molecule has 0 N–H and O–H groups in total. The molecule has 1 aliphatic rings. The average Bonchev–Trinajstić information content (AvgIpc) is 2.74. The Morgan fingerprint density at radius 3 is 2.18 bits per heavy atom. The van der Waals surface area contributed by atoms with Crippen molar-refractivity contribution in [2.24, 2.45) is 11.8 Å². The van der Waals surface area contributed by atoms with Gasteiger partial charge in [-0.15, -0.1) is 0 Å². The molecular weight excluding hydrogens is 342 g/mol. The molecule has 0 saturated heterocycles. The summed E-state index contributed by atoms with van der Waals surface area (Å²) in [5.74, 6) is 2.91. The highest BCUT2D eigenvalue weighted by Gasteiger charge is 2.20. The summed E-state index contributed by atoms with van der Waals surface area (Å²) in [6.07, 6.45) is 15.3. The van der Waals surface area contributed by atoms with Crippen LogP contribution in [0.3, 0.4) is 0 Å². The standard InChI is InChI=1S/C26H37NO/c1-3-6-21-9-11-22(12-10-21)8-5-19-28-25-16-14-24(15-17-25)26-18-13-23(7-4-2)20-27-26/h13-18,20-22H,3-12,19H2,1-2H3/t21-,22-. The van der Waals surface area contributed by atoms with E-state index < -0.39 is 0 Å². The average molecular weight is 380 g/mol. The van der Waals surface area contributed by atoms with E-state index in [0.717, 1.165) is 48.3 Å². The first-order valence-electron chi connectivity index (χ1n) is 11.5. The van der Waals surface area contributed by atoms with Crippen molar-refractivity contribution in [3.8, 4) is 17.0 Å². The fourth-order valence-electron chi connectivity index (χ4n) is 4.53. The van der Waals surface area contributed by atoms with E-state index in [2.05, 4.69) is 55.2 Å². The van der Waals surface area contributed by atoms with Crippen LogP contribution in [0.5, 0.6) is 5.75 Å². The largest absolute Gasteiger partial charge is 0.494 e. The van der Waals surface area contributed by atoms with Gasteiger partial charge in [0.1, 0.15) is 5.75 Å². The second-order valence-electron chi connectivity index (χ2n) is 8.49. The molecule has 1 aromatic carbocycles. The minimum Gasteiger partial charge on any atom is -0.494 e. The molecule has 0 radical (unpaired) electrons. The number of aryl methyl sites for hydroxylation is 1. The van der Waals surface area contributed by atoms with Gasteiger partial charge in [0.15, 0.2) is 0 Å². The summed E-state index contributed by atoms with van der Waals surface area (Å²) in [4.78, 5) is 4.60. The number of hydrogen-bond acceptors (Lipinski definition) is 2. The molecule has 1 saturated carbocycles. The fourth-order valence-corrected chi connectivity index (χ4v) is 4.53. The van der Waals surface area contributed by atoms with Gasteiger partial charge in [-0.2, -0.15) is 0 Å². The maximum atomic E-state index is 5.98. The highest BCUT2D eigenvalue weighted by molar-refractivity contribution is 5.60. The van der Waals surface area contributed by atoms with Crippen molar-refractivity contribution >= 4 is 0 Å². The van der Waals surface area contributed by atoms with Crippen molar-refractivity contribution in [3.63, 3.8) is 0 Å². The second kappa shape index (κ2) is 11.2. The third kappa shape index (κ3) is 6.36.